The van der Waals surface area contributed by atoms with E-state index in [9.17, 15) is 4.79 Å². The molecular formula is C19H18O. The highest BCUT2D eigenvalue weighted by Gasteiger charge is 2.07. The van der Waals surface area contributed by atoms with Crippen LogP contribution in [0.1, 0.15) is 16.8 Å². The molecule has 1 aromatic carbocycles. The highest BCUT2D eigenvalue weighted by Crippen LogP contribution is 2.14. The lowest BCUT2D eigenvalue weighted by atomic mass is 9.99. The summed E-state index contributed by atoms with van der Waals surface area (Å²) in [6.45, 7) is 3.72. The molecule has 0 bridgehead atoms. The Labute approximate surface area is 120 Å². The maximum absolute atomic E-state index is 12.3. The van der Waals surface area contributed by atoms with E-state index in [1.54, 1.807) is 6.08 Å². The molecule has 1 aromatic rings. The molecule has 100 valence electrons. The fraction of sp³-hybridized carbons (Fsp3) is 0.105. The Morgan fingerprint density at radius 1 is 1.20 bits per heavy atom. The molecule has 2 rings (SSSR count). The number of Topliss-reactive ketones (excluding diaryl/α,β-unsaturated/α-hetero) is 1. The minimum Gasteiger partial charge on any atom is -0.289 e. The van der Waals surface area contributed by atoms with Gasteiger partial charge in [0.05, 0.1) is 0 Å². The van der Waals surface area contributed by atoms with Crippen LogP contribution in [0.15, 0.2) is 91.1 Å². The Hall–Kier alpha value is -2.41. The molecule has 20 heavy (non-hydrogen) atoms. The maximum atomic E-state index is 12.3. The van der Waals surface area contributed by atoms with Crippen LogP contribution in [-0.4, -0.2) is 5.78 Å². The largest absolute Gasteiger partial charge is 0.289 e. The van der Waals surface area contributed by atoms with E-state index in [2.05, 4.69) is 24.8 Å². The zero-order chi connectivity index (χ0) is 14.2. The second kappa shape index (κ2) is 7.25. The molecule has 0 aromatic heterocycles. The Balaban J connectivity index is 2.08. The molecule has 1 nitrogen and oxygen atoms in total. The van der Waals surface area contributed by atoms with Crippen LogP contribution < -0.4 is 0 Å². The monoisotopic (exact) mass is 262 g/mol. The van der Waals surface area contributed by atoms with Crippen molar-refractivity contribution in [1.82, 2.24) is 0 Å². The zero-order valence-corrected chi connectivity index (χ0v) is 11.4. The van der Waals surface area contributed by atoms with Crippen LogP contribution in [-0.2, 0) is 0 Å². The lowest BCUT2D eigenvalue weighted by Crippen LogP contribution is -2.00. The summed E-state index contributed by atoms with van der Waals surface area (Å²) in [5.74, 6) is 0.415. The summed E-state index contributed by atoms with van der Waals surface area (Å²) in [7, 11) is 0. The molecule has 0 saturated carbocycles. The molecule has 0 saturated heterocycles. The van der Waals surface area contributed by atoms with Gasteiger partial charge in [0.15, 0.2) is 5.78 Å². The second-order valence-corrected chi connectivity index (χ2v) is 4.62. The maximum Gasteiger partial charge on any atom is 0.192 e. The van der Waals surface area contributed by atoms with E-state index in [0.717, 1.165) is 6.42 Å². The third-order valence-corrected chi connectivity index (χ3v) is 3.17. The third-order valence-electron chi connectivity index (χ3n) is 3.17. The Morgan fingerprint density at radius 2 is 2.00 bits per heavy atom. The lowest BCUT2D eigenvalue weighted by molar-refractivity contribution is 0.103. The number of carbonyl (C=O) groups is 1. The van der Waals surface area contributed by atoms with E-state index >= 15 is 0 Å². The fourth-order valence-electron chi connectivity index (χ4n) is 2.04. The van der Waals surface area contributed by atoms with Gasteiger partial charge in [0.2, 0.25) is 0 Å². The Kier molecular flexibility index (Phi) is 5.08. The summed E-state index contributed by atoms with van der Waals surface area (Å²) in [6.07, 6.45) is 16.9. The Morgan fingerprint density at radius 3 is 2.65 bits per heavy atom. The summed E-state index contributed by atoms with van der Waals surface area (Å²) < 4.78 is 0. The normalized spacial score (nSPS) is 18.4. The van der Waals surface area contributed by atoms with E-state index in [4.69, 9.17) is 0 Å². The standard InChI is InChI=1S/C19H18O/c1-2-17(19(20)18-13-7-4-8-14-18)15-9-12-16-10-5-3-6-11-16/h2-10,12-16H,1,11H2/b12-9-,17-15+. The smallest absolute Gasteiger partial charge is 0.192 e. The molecule has 0 radical (unpaired) electrons. The summed E-state index contributed by atoms with van der Waals surface area (Å²) in [5.41, 5.74) is 1.30. The van der Waals surface area contributed by atoms with Gasteiger partial charge in [-0.2, -0.15) is 0 Å². The van der Waals surface area contributed by atoms with Crippen LogP contribution in [0.4, 0.5) is 0 Å². The van der Waals surface area contributed by atoms with Crippen molar-refractivity contribution in [3.63, 3.8) is 0 Å². The number of hydrogen-bond donors (Lipinski definition) is 0. The van der Waals surface area contributed by atoms with Gasteiger partial charge in [0, 0.05) is 11.1 Å². The summed E-state index contributed by atoms with van der Waals surface area (Å²) >= 11 is 0. The van der Waals surface area contributed by atoms with Crippen molar-refractivity contribution in [3.8, 4) is 0 Å². The molecule has 1 atom stereocenters. The summed E-state index contributed by atoms with van der Waals surface area (Å²) in [6, 6.07) is 9.26. The predicted octanol–water partition coefficient (Wildman–Crippen LogP) is 4.67. The average molecular weight is 262 g/mol. The number of hydrogen-bond acceptors (Lipinski definition) is 1. The first-order valence-electron chi connectivity index (χ1n) is 6.75. The van der Waals surface area contributed by atoms with Gasteiger partial charge in [0.1, 0.15) is 0 Å². The van der Waals surface area contributed by atoms with E-state index in [1.807, 2.05) is 54.6 Å². The van der Waals surface area contributed by atoms with Gasteiger partial charge >= 0.3 is 0 Å². The minimum atomic E-state index is 0.00401. The van der Waals surface area contributed by atoms with Crippen LogP contribution in [0.5, 0.6) is 0 Å². The first-order chi connectivity index (χ1) is 9.81. The number of rotatable bonds is 5. The van der Waals surface area contributed by atoms with Gasteiger partial charge in [-0.1, -0.05) is 85.5 Å². The van der Waals surface area contributed by atoms with Crippen molar-refractivity contribution in [2.75, 3.05) is 0 Å². The lowest BCUT2D eigenvalue weighted by Gasteiger charge is -2.06. The van der Waals surface area contributed by atoms with Gasteiger partial charge in [-0.25, -0.2) is 0 Å². The molecule has 1 heteroatoms. The van der Waals surface area contributed by atoms with Crippen molar-refractivity contribution >= 4 is 5.78 Å². The second-order valence-electron chi connectivity index (χ2n) is 4.62. The van der Waals surface area contributed by atoms with Crippen LogP contribution in [0, 0.1) is 5.92 Å². The molecule has 0 amide bonds. The average Bonchev–Trinajstić information content (AvgIpc) is 2.53. The van der Waals surface area contributed by atoms with Gasteiger partial charge in [-0.15, -0.1) is 0 Å². The van der Waals surface area contributed by atoms with Crippen molar-refractivity contribution in [2.24, 2.45) is 5.92 Å². The van der Waals surface area contributed by atoms with E-state index in [1.165, 1.54) is 0 Å². The molecule has 0 heterocycles. The SMILES string of the molecule is C=C/C(=C\C=C/C1C=CC=CC1)C(=O)c1ccccc1. The van der Waals surface area contributed by atoms with Gasteiger partial charge in [-0.05, 0) is 12.3 Å². The quantitative estimate of drug-likeness (QED) is 0.428. The molecule has 0 N–H and O–H groups in total. The van der Waals surface area contributed by atoms with Crippen molar-refractivity contribution in [3.05, 3.63) is 96.7 Å². The molecular weight excluding hydrogens is 244 g/mol. The van der Waals surface area contributed by atoms with Crippen LogP contribution >= 0.6 is 0 Å². The van der Waals surface area contributed by atoms with Gasteiger partial charge in [-0.3, -0.25) is 4.79 Å². The molecule has 1 aliphatic carbocycles. The first kappa shape index (κ1) is 14.0. The highest BCUT2D eigenvalue weighted by atomic mass is 16.1. The van der Waals surface area contributed by atoms with E-state index in [0.29, 0.717) is 17.1 Å². The number of allylic oxidation sites excluding steroid dienone is 9. The highest BCUT2D eigenvalue weighted by molar-refractivity contribution is 6.10. The van der Waals surface area contributed by atoms with E-state index < -0.39 is 0 Å². The molecule has 0 aliphatic heterocycles. The molecule has 1 aliphatic rings. The molecule has 0 fully saturated rings. The topological polar surface area (TPSA) is 17.1 Å². The summed E-state index contributed by atoms with van der Waals surface area (Å²) in [5, 5.41) is 0. The number of ketones is 1. The van der Waals surface area contributed by atoms with Gasteiger partial charge < -0.3 is 0 Å². The van der Waals surface area contributed by atoms with Crippen LogP contribution in [0.25, 0.3) is 0 Å². The first-order valence-corrected chi connectivity index (χ1v) is 6.75. The minimum absolute atomic E-state index is 0.00401. The molecule has 1 unspecified atom stereocenters. The summed E-state index contributed by atoms with van der Waals surface area (Å²) in [4.78, 5) is 12.3. The molecule has 0 spiro atoms. The van der Waals surface area contributed by atoms with E-state index in [-0.39, 0.29) is 5.78 Å². The van der Waals surface area contributed by atoms with Crippen molar-refractivity contribution in [1.29, 1.82) is 0 Å². The van der Waals surface area contributed by atoms with Crippen molar-refractivity contribution < 1.29 is 4.79 Å². The zero-order valence-electron chi connectivity index (χ0n) is 11.4. The van der Waals surface area contributed by atoms with Gasteiger partial charge in [0.25, 0.3) is 0 Å². The third kappa shape index (κ3) is 3.79. The fourth-order valence-corrected chi connectivity index (χ4v) is 2.04. The predicted molar refractivity (Wildman–Crippen MR) is 84.6 cm³/mol. The van der Waals surface area contributed by atoms with Crippen LogP contribution in [0.2, 0.25) is 0 Å². The van der Waals surface area contributed by atoms with Crippen molar-refractivity contribution in [2.45, 2.75) is 6.42 Å². The van der Waals surface area contributed by atoms with Crippen LogP contribution in [0.3, 0.4) is 0 Å². The number of benzene rings is 1. The number of carbonyl (C=O) groups excluding carboxylic acids is 1. The Bertz CT molecular complexity index is 585.